The van der Waals surface area contributed by atoms with Crippen LogP contribution in [0.4, 0.5) is 5.82 Å². The van der Waals surface area contributed by atoms with Crippen molar-refractivity contribution in [2.45, 2.75) is 19.4 Å². The zero-order valence-corrected chi connectivity index (χ0v) is 16.8. The average Bonchev–Trinajstić information content (AvgIpc) is 3.16. The molecule has 0 bridgehead atoms. The van der Waals surface area contributed by atoms with Crippen molar-refractivity contribution in [2.24, 2.45) is 11.8 Å². The molecular formula is C19H17ClN8O2. The zero-order chi connectivity index (χ0) is 20.4. The maximum atomic E-state index is 12.7. The summed E-state index contributed by atoms with van der Waals surface area (Å²) < 4.78 is 8.36. The van der Waals surface area contributed by atoms with Crippen LogP contribution in [0.5, 0.6) is 0 Å². The van der Waals surface area contributed by atoms with E-state index in [4.69, 9.17) is 16.1 Å². The van der Waals surface area contributed by atoms with Crippen LogP contribution >= 0.6 is 11.6 Å². The van der Waals surface area contributed by atoms with Crippen molar-refractivity contribution in [3.63, 3.8) is 0 Å². The van der Waals surface area contributed by atoms with E-state index in [1.54, 1.807) is 19.2 Å². The first-order valence-electron chi connectivity index (χ1n) is 9.67. The van der Waals surface area contributed by atoms with Gasteiger partial charge in [-0.1, -0.05) is 16.8 Å². The van der Waals surface area contributed by atoms with Gasteiger partial charge in [-0.25, -0.2) is 14.5 Å². The molecule has 6 rings (SSSR count). The van der Waals surface area contributed by atoms with Gasteiger partial charge in [-0.2, -0.15) is 10.1 Å². The third kappa shape index (κ3) is 2.71. The zero-order valence-electron chi connectivity index (χ0n) is 16.0. The lowest BCUT2D eigenvalue weighted by molar-refractivity contribution is 0.363. The van der Waals surface area contributed by atoms with Gasteiger partial charge in [-0.05, 0) is 30.9 Å². The number of piperidine rings is 1. The molecule has 0 N–H and O–H groups in total. The molecule has 1 saturated carbocycles. The maximum absolute atomic E-state index is 12.7. The van der Waals surface area contributed by atoms with Crippen molar-refractivity contribution >= 4 is 22.9 Å². The molecule has 11 heteroatoms. The van der Waals surface area contributed by atoms with E-state index in [0.29, 0.717) is 39.8 Å². The van der Waals surface area contributed by atoms with Crippen LogP contribution in [0.25, 0.3) is 5.52 Å². The minimum Gasteiger partial charge on any atom is -0.356 e. The van der Waals surface area contributed by atoms with Gasteiger partial charge in [0.2, 0.25) is 5.89 Å². The summed E-state index contributed by atoms with van der Waals surface area (Å²) in [7, 11) is 0. The second kappa shape index (κ2) is 6.36. The van der Waals surface area contributed by atoms with Gasteiger partial charge in [0.05, 0.1) is 5.69 Å². The molecule has 0 spiro atoms. The Balaban J connectivity index is 1.17. The van der Waals surface area contributed by atoms with Crippen molar-refractivity contribution in [3.8, 4) is 0 Å². The van der Waals surface area contributed by atoms with Gasteiger partial charge in [-0.3, -0.25) is 9.36 Å². The highest BCUT2D eigenvalue weighted by atomic mass is 35.5. The SMILES string of the molecule is Cc1ncn2ncn(Cc3nc(C4C5CN(c6cc(Cl)ccn6)CC54)no3)c(=O)c12. The second-order valence-corrected chi connectivity index (χ2v) is 8.26. The number of aryl methyl sites for hydroxylation is 1. The van der Waals surface area contributed by atoms with Crippen molar-refractivity contribution in [1.29, 1.82) is 0 Å². The molecule has 0 radical (unpaired) electrons. The normalized spacial score (nSPS) is 22.6. The summed E-state index contributed by atoms with van der Waals surface area (Å²) in [4.78, 5) is 28.0. The van der Waals surface area contributed by atoms with Crippen molar-refractivity contribution < 1.29 is 4.52 Å². The molecule has 0 aromatic carbocycles. The molecule has 2 unspecified atom stereocenters. The molecule has 10 nitrogen and oxygen atoms in total. The second-order valence-electron chi connectivity index (χ2n) is 7.82. The molecule has 2 aliphatic rings. The van der Waals surface area contributed by atoms with Crippen molar-refractivity contribution in [2.75, 3.05) is 18.0 Å². The van der Waals surface area contributed by atoms with Gasteiger partial charge in [0.1, 0.15) is 25.0 Å². The summed E-state index contributed by atoms with van der Waals surface area (Å²) in [6, 6.07) is 3.66. The molecule has 30 heavy (non-hydrogen) atoms. The number of hydrogen-bond acceptors (Lipinski definition) is 8. The van der Waals surface area contributed by atoms with Gasteiger partial charge < -0.3 is 9.42 Å². The third-order valence-electron chi connectivity index (χ3n) is 6.02. The highest BCUT2D eigenvalue weighted by Crippen LogP contribution is 2.57. The molecule has 0 amide bonds. The summed E-state index contributed by atoms with van der Waals surface area (Å²) in [6.45, 7) is 3.75. The fraction of sp³-hybridized carbons (Fsp3) is 0.368. The first kappa shape index (κ1) is 17.6. The average molecular weight is 425 g/mol. The van der Waals surface area contributed by atoms with Crippen molar-refractivity contribution in [1.82, 2.24) is 34.3 Å². The standard InChI is InChI=1S/C19H17ClN8O2/c1-10-17-19(29)27(9-23-28(17)8-22-10)7-15-24-18(25-30-15)16-12-5-26(6-13(12)16)14-4-11(20)2-3-21-14/h2-4,8-9,12-13,16H,5-7H2,1H3. The summed E-state index contributed by atoms with van der Waals surface area (Å²) in [5.74, 6) is 3.25. The lowest BCUT2D eigenvalue weighted by atomic mass is 10.2. The minimum atomic E-state index is -0.187. The molecule has 2 atom stereocenters. The van der Waals surface area contributed by atoms with E-state index in [9.17, 15) is 4.79 Å². The van der Waals surface area contributed by atoms with E-state index in [-0.39, 0.29) is 18.0 Å². The van der Waals surface area contributed by atoms with E-state index in [1.165, 1.54) is 21.7 Å². The van der Waals surface area contributed by atoms with Crippen LogP contribution in [0.15, 0.2) is 40.3 Å². The Labute approximate surface area is 175 Å². The molecule has 1 saturated heterocycles. The van der Waals surface area contributed by atoms with Gasteiger partial charge in [0.25, 0.3) is 5.56 Å². The fourth-order valence-electron chi connectivity index (χ4n) is 4.46. The Hall–Kier alpha value is -3.27. The number of aromatic nitrogens is 7. The largest absolute Gasteiger partial charge is 0.356 e. The number of rotatable bonds is 4. The number of nitrogens with zero attached hydrogens (tertiary/aromatic N) is 8. The molecule has 152 valence electrons. The van der Waals surface area contributed by atoms with E-state index in [1.807, 2.05) is 6.07 Å². The molecule has 1 aliphatic carbocycles. The first-order chi connectivity index (χ1) is 14.6. The number of halogens is 1. The van der Waals surface area contributed by atoms with Crippen LogP contribution in [-0.2, 0) is 6.54 Å². The van der Waals surface area contributed by atoms with E-state index in [2.05, 4.69) is 30.1 Å². The van der Waals surface area contributed by atoms with Gasteiger partial charge in [-0.15, -0.1) is 0 Å². The lowest BCUT2D eigenvalue weighted by Crippen LogP contribution is -2.24. The van der Waals surface area contributed by atoms with Gasteiger partial charge in [0.15, 0.2) is 11.3 Å². The maximum Gasteiger partial charge on any atom is 0.280 e. The van der Waals surface area contributed by atoms with Crippen LogP contribution in [0.2, 0.25) is 5.02 Å². The third-order valence-corrected chi connectivity index (χ3v) is 6.26. The number of pyridine rings is 1. The number of hydrogen-bond donors (Lipinski definition) is 0. The van der Waals surface area contributed by atoms with Crippen LogP contribution in [0, 0.1) is 18.8 Å². The Morgan fingerprint density at radius 3 is 2.87 bits per heavy atom. The van der Waals surface area contributed by atoms with Gasteiger partial charge >= 0.3 is 0 Å². The topological polar surface area (TPSA) is 107 Å². The smallest absolute Gasteiger partial charge is 0.280 e. The van der Waals surface area contributed by atoms with Gasteiger partial charge in [0, 0.05) is 30.2 Å². The summed E-state index contributed by atoms with van der Waals surface area (Å²) in [5, 5.41) is 9.07. The first-order valence-corrected chi connectivity index (χ1v) is 10.0. The van der Waals surface area contributed by atoms with Crippen LogP contribution in [0.1, 0.15) is 23.3 Å². The molecule has 4 aromatic rings. The Kier molecular flexibility index (Phi) is 3.73. The lowest BCUT2D eigenvalue weighted by Gasteiger charge is -2.20. The summed E-state index contributed by atoms with van der Waals surface area (Å²) in [6.07, 6.45) is 4.71. The van der Waals surface area contributed by atoms with E-state index < -0.39 is 0 Å². The number of imidazole rings is 1. The monoisotopic (exact) mass is 424 g/mol. The predicted octanol–water partition coefficient (Wildman–Crippen LogP) is 1.53. The number of anilines is 1. The number of fused-ring (bicyclic) bond motifs is 2. The van der Waals surface area contributed by atoms with Crippen LogP contribution in [-0.4, -0.2) is 47.4 Å². The quantitative estimate of drug-likeness (QED) is 0.485. The van der Waals surface area contributed by atoms with E-state index >= 15 is 0 Å². The molecule has 5 heterocycles. The summed E-state index contributed by atoms with van der Waals surface area (Å²) >= 11 is 6.08. The highest BCUT2D eigenvalue weighted by molar-refractivity contribution is 6.30. The molecular weight excluding hydrogens is 408 g/mol. The minimum absolute atomic E-state index is 0.181. The summed E-state index contributed by atoms with van der Waals surface area (Å²) in [5.41, 5.74) is 0.897. The molecule has 4 aromatic heterocycles. The Bertz CT molecular complexity index is 1320. The fourth-order valence-corrected chi connectivity index (χ4v) is 4.62. The molecule has 2 fully saturated rings. The van der Waals surface area contributed by atoms with E-state index in [0.717, 1.165) is 18.9 Å². The van der Waals surface area contributed by atoms with Crippen molar-refractivity contribution in [3.05, 3.63) is 63.8 Å². The molecule has 1 aliphatic heterocycles. The van der Waals surface area contributed by atoms with Crippen LogP contribution < -0.4 is 10.5 Å². The highest BCUT2D eigenvalue weighted by Gasteiger charge is 2.58. The Morgan fingerprint density at radius 2 is 2.07 bits per heavy atom. The predicted molar refractivity (Wildman–Crippen MR) is 107 cm³/mol. The van der Waals surface area contributed by atoms with Crippen LogP contribution in [0.3, 0.4) is 0 Å². The Morgan fingerprint density at radius 1 is 1.23 bits per heavy atom.